The predicted molar refractivity (Wildman–Crippen MR) is 78.8 cm³/mol. The maximum absolute atomic E-state index is 11.1. The Hall–Kier alpha value is -1.66. The van der Waals surface area contributed by atoms with Crippen molar-refractivity contribution >= 4 is 24.8 Å². The third kappa shape index (κ3) is 3.00. The molecule has 12 nitrogen and oxygen atoms in total. The number of nitrogens with zero attached hydrogens (tertiary/aromatic N) is 4. The zero-order chi connectivity index (χ0) is 17.5. The Bertz CT molecular complexity index is 779. The van der Waals surface area contributed by atoms with Gasteiger partial charge in [-0.1, -0.05) is 0 Å². The van der Waals surface area contributed by atoms with Crippen LogP contribution in [-0.4, -0.2) is 71.5 Å². The average molecular weight is 361 g/mol. The zero-order valence-electron chi connectivity index (χ0n) is 12.4. The molecule has 0 amide bonds. The topological polar surface area (TPSA) is 172 Å². The molecule has 24 heavy (non-hydrogen) atoms. The minimum atomic E-state index is -4.88. The number of rotatable bonds is 5. The van der Waals surface area contributed by atoms with Gasteiger partial charge >= 0.3 is 7.82 Å². The van der Waals surface area contributed by atoms with Crippen molar-refractivity contribution in [2.45, 2.75) is 24.5 Å². The van der Waals surface area contributed by atoms with Crippen molar-refractivity contribution in [3.8, 4) is 0 Å². The second-order valence-corrected chi connectivity index (χ2v) is 6.29. The van der Waals surface area contributed by atoms with Gasteiger partial charge in [-0.15, -0.1) is 0 Å². The first-order valence-corrected chi connectivity index (χ1v) is 8.42. The molecular weight excluding hydrogens is 345 g/mol. The van der Waals surface area contributed by atoms with Gasteiger partial charge in [0.15, 0.2) is 17.7 Å². The lowest BCUT2D eigenvalue weighted by molar-refractivity contribution is -0.0509. The number of hydrogen-bond acceptors (Lipinski definition) is 9. The Morgan fingerprint density at radius 2 is 2.17 bits per heavy atom. The van der Waals surface area contributed by atoms with E-state index in [9.17, 15) is 14.8 Å². The van der Waals surface area contributed by atoms with Gasteiger partial charge in [0.2, 0.25) is 0 Å². The van der Waals surface area contributed by atoms with Crippen molar-refractivity contribution in [2.75, 3.05) is 19.0 Å². The Labute approximate surface area is 135 Å². The Kier molecular flexibility index (Phi) is 4.53. The summed E-state index contributed by atoms with van der Waals surface area (Å²) in [6, 6.07) is 0. The normalized spacial score (nSPS) is 27.7. The highest BCUT2D eigenvalue weighted by molar-refractivity contribution is 7.46. The molecular formula is C11H16N5O7P. The summed E-state index contributed by atoms with van der Waals surface area (Å²) in [5, 5.41) is 22.5. The molecule has 4 atom stereocenters. The van der Waals surface area contributed by atoms with Crippen LogP contribution in [0.2, 0.25) is 0 Å². The lowest BCUT2D eigenvalue weighted by atomic mass is 10.1. The molecule has 0 radical (unpaired) electrons. The van der Waals surface area contributed by atoms with Crippen LogP contribution in [0.4, 0.5) is 5.82 Å². The molecule has 2 aromatic rings. The van der Waals surface area contributed by atoms with Crippen LogP contribution in [0, 0.1) is 0 Å². The van der Waals surface area contributed by atoms with E-state index in [2.05, 4.69) is 24.8 Å². The summed E-state index contributed by atoms with van der Waals surface area (Å²) >= 11 is 0. The number of fused-ring (bicyclic) bond motifs is 1. The van der Waals surface area contributed by atoms with Crippen molar-refractivity contribution in [3.05, 3.63) is 12.7 Å². The van der Waals surface area contributed by atoms with Crippen molar-refractivity contribution in [3.63, 3.8) is 0 Å². The Morgan fingerprint density at radius 3 is 2.79 bits per heavy atom. The number of nitrogens with one attached hydrogen (secondary N) is 1. The second kappa shape index (κ2) is 6.33. The summed E-state index contributed by atoms with van der Waals surface area (Å²) in [5.41, 5.74) is 0.766. The molecule has 1 saturated heterocycles. The summed E-state index contributed by atoms with van der Waals surface area (Å²) in [7, 11) is -3.22. The van der Waals surface area contributed by atoms with Crippen LogP contribution in [-0.2, 0) is 13.8 Å². The van der Waals surface area contributed by atoms with Crippen molar-refractivity contribution in [1.29, 1.82) is 0 Å². The van der Waals surface area contributed by atoms with Crippen molar-refractivity contribution in [1.82, 2.24) is 19.5 Å². The number of aromatic nitrogens is 4. The number of aliphatic hydroxyl groups is 2. The Morgan fingerprint density at radius 1 is 1.42 bits per heavy atom. The van der Waals surface area contributed by atoms with Gasteiger partial charge in [-0.2, -0.15) is 0 Å². The minimum Gasteiger partial charge on any atom is -0.394 e. The highest BCUT2D eigenvalue weighted by Gasteiger charge is 2.48. The van der Waals surface area contributed by atoms with Crippen LogP contribution >= 0.6 is 7.82 Å². The highest BCUT2D eigenvalue weighted by atomic mass is 31.2. The van der Waals surface area contributed by atoms with Gasteiger partial charge < -0.3 is 30.1 Å². The molecule has 0 bridgehead atoms. The van der Waals surface area contributed by atoms with E-state index in [-0.39, 0.29) is 0 Å². The fourth-order valence-electron chi connectivity index (χ4n) is 2.61. The molecule has 5 N–H and O–H groups in total. The zero-order valence-corrected chi connectivity index (χ0v) is 13.3. The van der Waals surface area contributed by atoms with Gasteiger partial charge in [0.05, 0.1) is 12.9 Å². The molecule has 3 rings (SSSR count). The maximum atomic E-state index is 11.1. The number of hydrogen-bond donors (Lipinski definition) is 5. The smallest absolute Gasteiger partial charge is 0.394 e. The van der Waals surface area contributed by atoms with E-state index >= 15 is 0 Å². The van der Waals surface area contributed by atoms with E-state index in [1.807, 2.05) is 0 Å². The van der Waals surface area contributed by atoms with Gasteiger partial charge in [0, 0.05) is 7.05 Å². The highest BCUT2D eigenvalue weighted by Crippen LogP contribution is 2.44. The van der Waals surface area contributed by atoms with E-state index in [0.29, 0.717) is 17.0 Å². The predicted octanol–water partition coefficient (Wildman–Crippen LogP) is -1.40. The van der Waals surface area contributed by atoms with E-state index in [1.54, 1.807) is 7.05 Å². The number of ether oxygens (including phenoxy) is 1. The fraction of sp³-hybridized carbons (Fsp3) is 0.545. The first-order chi connectivity index (χ1) is 11.4. The molecule has 3 heterocycles. The molecule has 0 aliphatic carbocycles. The summed E-state index contributed by atoms with van der Waals surface area (Å²) in [5.74, 6) is 0.466. The summed E-state index contributed by atoms with van der Waals surface area (Å²) < 4.78 is 22.5. The summed E-state index contributed by atoms with van der Waals surface area (Å²) in [4.78, 5) is 30.2. The van der Waals surface area contributed by atoms with Crippen LogP contribution in [0.3, 0.4) is 0 Å². The lowest BCUT2D eigenvalue weighted by Crippen LogP contribution is -2.35. The molecule has 0 aromatic carbocycles. The SMILES string of the molecule is CNc1ncnc2c1ncn2[C@@H]1O[C@H](CO)[C@@H](OP(=O)(O)O)[C@H]1O. The number of aliphatic hydroxyl groups excluding tert-OH is 2. The number of anilines is 1. The van der Waals surface area contributed by atoms with Crippen LogP contribution in [0.1, 0.15) is 6.23 Å². The van der Waals surface area contributed by atoms with Gasteiger partial charge in [0.25, 0.3) is 0 Å². The second-order valence-electron chi connectivity index (χ2n) is 5.10. The van der Waals surface area contributed by atoms with Crippen LogP contribution in [0.15, 0.2) is 12.7 Å². The molecule has 0 unspecified atom stereocenters. The monoisotopic (exact) mass is 361 g/mol. The van der Waals surface area contributed by atoms with E-state index in [0.717, 1.165) is 0 Å². The third-order valence-electron chi connectivity index (χ3n) is 3.62. The number of phosphoric acid groups is 1. The van der Waals surface area contributed by atoms with Crippen molar-refractivity contribution in [2.24, 2.45) is 0 Å². The number of phosphoric ester groups is 1. The van der Waals surface area contributed by atoms with Crippen molar-refractivity contribution < 1.29 is 33.8 Å². The molecule has 1 aliphatic rings. The molecule has 1 aliphatic heterocycles. The summed E-state index contributed by atoms with van der Waals surface area (Å²) in [6.07, 6.45) is -2.45. The average Bonchev–Trinajstić information content (AvgIpc) is 3.08. The quantitative estimate of drug-likeness (QED) is 0.396. The van der Waals surface area contributed by atoms with Gasteiger partial charge in [-0.3, -0.25) is 9.09 Å². The molecule has 1 fully saturated rings. The maximum Gasteiger partial charge on any atom is 0.470 e. The molecule has 0 spiro atoms. The minimum absolute atomic E-state index is 0.340. The van der Waals surface area contributed by atoms with E-state index in [1.165, 1.54) is 17.2 Å². The Balaban J connectivity index is 1.97. The van der Waals surface area contributed by atoms with Gasteiger partial charge in [-0.25, -0.2) is 19.5 Å². The molecule has 2 aromatic heterocycles. The third-order valence-corrected chi connectivity index (χ3v) is 4.14. The largest absolute Gasteiger partial charge is 0.470 e. The standard InChI is InChI=1S/C11H16N5O7P/c1-12-9-6-10(14-3-13-9)16(4-15-6)11-7(18)8(5(2-17)22-11)23-24(19,20)21/h3-5,7-8,11,17-18H,2H2,1H3,(H,12,13,14)(H2,19,20,21)/t5-,7-,8-,11-/m1/s1. The van der Waals surface area contributed by atoms with E-state index < -0.39 is 39.0 Å². The lowest BCUT2D eigenvalue weighted by Gasteiger charge is -2.20. The first kappa shape index (κ1) is 17.2. The molecule has 0 saturated carbocycles. The van der Waals surface area contributed by atoms with Gasteiger partial charge in [0.1, 0.15) is 30.2 Å². The summed E-state index contributed by atoms with van der Waals surface area (Å²) in [6.45, 7) is -0.596. The first-order valence-electron chi connectivity index (χ1n) is 6.89. The van der Waals surface area contributed by atoms with E-state index in [4.69, 9.17) is 14.5 Å². The van der Waals surface area contributed by atoms with Crippen LogP contribution in [0.25, 0.3) is 11.2 Å². The van der Waals surface area contributed by atoms with Crippen LogP contribution in [0.5, 0.6) is 0 Å². The molecule has 13 heteroatoms. The van der Waals surface area contributed by atoms with Gasteiger partial charge in [-0.05, 0) is 0 Å². The number of imidazole rings is 1. The van der Waals surface area contributed by atoms with Crippen LogP contribution < -0.4 is 5.32 Å². The fourth-order valence-corrected chi connectivity index (χ4v) is 3.18. The molecule has 132 valence electrons.